The summed E-state index contributed by atoms with van der Waals surface area (Å²) in [7, 11) is 3.25. The van der Waals surface area contributed by atoms with Crippen molar-refractivity contribution in [2.45, 2.75) is 38.4 Å². The first-order chi connectivity index (χ1) is 17.5. The lowest BCUT2D eigenvalue weighted by atomic mass is 9.95. The van der Waals surface area contributed by atoms with Crippen LogP contribution in [0.15, 0.2) is 54.6 Å². The largest absolute Gasteiger partial charge is 0.493 e. The van der Waals surface area contributed by atoms with Crippen LogP contribution in [0.25, 0.3) is 10.9 Å². The first-order valence-electron chi connectivity index (χ1n) is 12.2. The molecule has 3 atom stereocenters. The number of nitrogens with one attached hydrogen (secondary N) is 1. The van der Waals surface area contributed by atoms with Crippen LogP contribution >= 0.6 is 11.3 Å². The number of thiophene rings is 1. The molecule has 4 aromatic rings. The van der Waals surface area contributed by atoms with Gasteiger partial charge in [0.1, 0.15) is 11.6 Å². The van der Waals surface area contributed by atoms with Crippen LogP contribution in [0.5, 0.6) is 11.5 Å². The van der Waals surface area contributed by atoms with E-state index >= 15 is 0 Å². The molecule has 2 N–H and O–H groups in total. The summed E-state index contributed by atoms with van der Waals surface area (Å²) in [4.78, 5) is 14.2. The number of likely N-dealkylation sites (tertiary alicyclic amines) is 1. The van der Waals surface area contributed by atoms with E-state index in [0.717, 1.165) is 29.7 Å². The van der Waals surface area contributed by atoms with Gasteiger partial charge in [0, 0.05) is 33.8 Å². The molecule has 3 heterocycles. The Morgan fingerprint density at radius 3 is 2.44 bits per heavy atom. The maximum absolute atomic E-state index is 9.86. The second-order valence-electron chi connectivity index (χ2n) is 9.13. The van der Waals surface area contributed by atoms with Crippen molar-refractivity contribution in [2.24, 2.45) is 0 Å². The molecule has 7 nitrogen and oxygen atoms in total. The summed E-state index contributed by atoms with van der Waals surface area (Å²) >= 11 is 1.80. The van der Waals surface area contributed by atoms with E-state index in [1.807, 2.05) is 25.1 Å². The maximum atomic E-state index is 9.86. The molecule has 188 valence electrons. The molecule has 0 spiro atoms. The number of hydrogen-bond acceptors (Lipinski definition) is 8. The number of methoxy groups -OCH3 is 2. The number of rotatable bonds is 9. The molecule has 0 radical (unpaired) electrons. The number of ether oxygens (including phenoxy) is 2. The normalized spacial score (nSPS) is 17.4. The molecule has 1 fully saturated rings. The number of hydrogen-bond donors (Lipinski definition) is 2. The summed E-state index contributed by atoms with van der Waals surface area (Å²) in [6.45, 7) is 5.22. The van der Waals surface area contributed by atoms with Crippen LogP contribution in [0.4, 0.5) is 5.82 Å². The van der Waals surface area contributed by atoms with Gasteiger partial charge in [-0.05, 0) is 44.0 Å². The monoisotopic (exact) mass is 504 g/mol. The van der Waals surface area contributed by atoms with Crippen LogP contribution in [0.2, 0.25) is 0 Å². The number of aryl methyl sites for hydroxylation is 1. The molecule has 3 unspecified atom stereocenters. The number of anilines is 1. The lowest BCUT2D eigenvalue weighted by Crippen LogP contribution is -2.51. The van der Waals surface area contributed by atoms with Crippen LogP contribution in [0, 0.1) is 6.92 Å². The van der Waals surface area contributed by atoms with Gasteiger partial charge in [0.15, 0.2) is 11.5 Å². The third-order valence-electron chi connectivity index (χ3n) is 6.86. The lowest BCUT2D eigenvalue weighted by molar-refractivity contribution is 0.0184. The minimum atomic E-state index is 0.0378. The lowest BCUT2D eigenvalue weighted by Gasteiger charge is -2.45. The zero-order valence-electron chi connectivity index (χ0n) is 21.1. The first kappa shape index (κ1) is 24.5. The number of aromatic nitrogens is 2. The molecule has 2 aromatic carbocycles. The van der Waals surface area contributed by atoms with E-state index < -0.39 is 0 Å². The average Bonchev–Trinajstić information content (AvgIpc) is 3.36. The molecule has 8 heteroatoms. The molecular weight excluding hydrogens is 472 g/mol. The van der Waals surface area contributed by atoms with E-state index in [1.165, 1.54) is 15.3 Å². The Labute approximate surface area is 215 Å². The molecule has 0 saturated carbocycles. The minimum Gasteiger partial charge on any atom is -0.493 e. The highest BCUT2D eigenvalue weighted by Crippen LogP contribution is 2.41. The highest BCUT2D eigenvalue weighted by Gasteiger charge is 2.36. The second-order valence-corrected chi connectivity index (χ2v) is 10.3. The Kier molecular flexibility index (Phi) is 7.09. The quantitative estimate of drug-likeness (QED) is 0.318. The molecule has 0 aliphatic carbocycles. The van der Waals surface area contributed by atoms with E-state index in [9.17, 15) is 5.11 Å². The van der Waals surface area contributed by atoms with E-state index in [-0.39, 0.29) is 24.7 Å². The van der Waals surface area contributed by atoms with Crippen molar-refractivity contribution in [3.05, 3.63) is 75.7 Å². The summed E-state index contributed by atoms with van der Waals surface area (Å²) < 4.78 is 11.0. The summed E-state index contributed by atoms with van der Waals surface area (Å²) in [5, 5.41) is 14.4. The predicted octanol–water partition coefficient (Wildman–Crippen LogP) is 5.35. The molecule has 1 aliphatic heterocycles. The summed E-state index contributed by atoms with van der Waals surface area (Å²) in [5.41, 5.74) is 2.06. The third kappa shape index (κ3) is 4.64. The molecule has 0 amide bonds. The Bertz CT molecular complexity index is 1340. The van der Waals surface area contributed by atoms with Crippen LogP contribution < -0.4 is 14.8 Å². The van der Waals surface area contributed by atoms with Crippen molar-refractivity contribution in [3.8, 4) is 11.5 Å². The van der Waals surface area contributed by atoms with Crippen LogP contribution in [-0.2, 0) is 0 Å². The van der Waals surface area contributed by atoms with E-state index in [4.69, 9.17) is 14.5 Å². The summed E-state index contributed by atoms with van der Waals surface area (Å²) in [5.74, 6) is 2.74. The molecular formula is C28H32N4O3S. The smallest absolute Gasteiger partial charge is 0.162 e. The second kappa shape index (κ2) is 10.4. The Morgan fingerprint density at radius 1 is 1.06 bits per heavy atom. The topological polar surface area (TPSA) is 79.7 Å². The SMILES string of the molecule is COc1cc2nc(C)nc(NC(C)c3ccc(C(c4ccccc4)N4CCC4CO)s3)c2cc1OC. The standard InChI is InChI=1S/C28H32N4O3S/c1-17(29-28-21-14-23(34-3)24(35-4)15-22(21)30-18(2)31-28)25-10-11-26(36-25)27(19-8-6-5-7-9-19)32-13-12-20(32)16-33/h5-11,14-15,17,20,27,33H,12-13,16H2,1-4H3,(H,29,30,31). The number of nitrogens with zero attached hydrogens (tertiary/aromatic N) is 3. The Balaban J connectivity index is 1.45. The fourth-order valence-electron chi connectivity index (χ4n) is 4.86. The highest BCUT2D eigenvalue weighted by atomic mass is 32.1. The van der Waals surface area contributed by atoms with Crippen molar-refractivity contribution in [1.82, 2.24) is 14.9 Å². The van der Waals surface area contributed by atoms with Crippen molar-refractivity contribution in [3.63, 3.8) is 0 Å². The summed E-state index contributed by atoms with van der Waals surface area (Å²) in [6.07, 6.45) is 1.03. The molecule has 1 aliphatic rings. The Morgan fingerprint density at radius 2 is 1.78 bits per heavy atom. The van der Waals surface area contributed by atoms with Gasteiger partial charge < -0.3 is 19.9 Å². The van der Waals surface area contributed by atoms with Gasteiger partial charge >= 0.3 is 0 Å². The third-order valence-corrected chi connectivity index (χ3v) is 8.18. The molecule has 5 rings (SSSR count). The van der Waals surface area contributed by atoms with Crippen LogP contribution in [0.3, 0.4) is 0 Å². The first-order valence-corrected chi connectivity index (χ1v) is 13.0. The zero-order chi connectivity index (χ0) is 25.2. The van der Waals surface area contributed by atoms with Gasteiger partial charge in [-0.25, -0.2) is 9.97 Å². The number of benzene rings is 2. The maximum Gasteiger partial charge on any atom is 0.162 e. The van der Waals surface area contributed by atoms with Crippen molar-refractivity contribution >= 4 is 28.1 Å². The highest BCUT2D eigenvalue weighted by molar-refractivity contribution is 7.12. The fourth-order valence-corrected chi connectivity index (χ4v) is 6.02. The van der Waals surface area contributed by atoms with Gasteiger partial charge in [-0.3, -0.25) is 4.90 Å². The molecule has 2 aromatic heterocycles. The van der Waals surface area contributed by atoms with Gasteiger partial charge in [0.2, 0.25) is 0 Å². The number of fused-ring (bicyclic) bond motifs is 1. The van der Waals surface area contributed by atoms with Gasteiger partial charge in [-0.2, -0.15) is 0 Å². The van der Waals surface area contributed by atoms with Gasteiger partial charge in [0.25, 0.3) is 0 Å². The van der Waals surface area contributed by atoms with Crippen molar-refractivity contribution < 1.29 is 14.6 Å². The van der Waals surface area contributed by atoms with E-state index in [0.29, 0.717) is 17.3 Å². The summed E-state index contributed by atoms with van der Waals surface area (Å²) in [6, 6.07) is 19.2. The van der Waals surface area contributed by atoms with Crippen LogP contribution in [-0.4, -0.2) is 53.4 Å². The fraction of sp³-hybridized carbons (Fsp3) is 0.357. The predicted molar refractivity (Wildman–Crippen MR) is 144 cm³/mol. The minimum absolute atomic E-state index is 0.0378. The van der Waals surface area contributed by atoms with E-state index in [1.54, 1.807) is 25.6 Å². The number of aliphatic hydroxyl groups is 1. The van der Waals surface area contributed by atoms with Crippen LogP contribution in [0.1, 0.15) is 46.6 Å². The van der Waals surface area contributed by atoms with E-state index in [2.05, 4.69) is 58.5 Å². The Hall–Kier alpha value is -3.20. The molecule has 0 bridgehead atoms. The molecule has 1 saturated heterocycles. The van der Waals surface area contributed by atoms with Crippen molar-refractivity contribution in [2.75, 3.05) is 32.7 Å². The average molecular weight is 505 g/mol. The van der Waals surface area contributed by atoms with Gasteiger partial charge in [-0.15, -0.1) is 11.3 Å². The molecule has 36 heavy (non-hydrogen) atoms. The van der Waals surface area contributed by atoms with Crippen molar-refractivity contribution in [1.29, 1.82) is 0 Å². The number of aliphatic hydroxyl groups excluding tert-OH is 1. The van der Waals surface area contributed by atoms with Gasteiger partial charge in [-0.1, -0.05) is 30.3 Å². The zero-order valence-corrected chi connectivity index (χ0v) is 21.9. The van der Waals surface area contributed by atoms with Gasteiger partial charge in [0.05, 0.1) is 38.4 Å².